The molecular weight excluding hydrogens is 328 g/mol. The summed E-state index contributed by atoms with van der Waals surface area (Å²) in [5, 5.41) is 6.91. The van der Waals surface area contributed by atoms with Crippen LogP contribution < -0.4 is 10.6 Å². The molecule has 0 aliphatic carbocycles. The molecule has 0 spiro atoms. The van der Waals surface area contributed by atoms with E-state index in [1.165, 1.54) is 32.5 Å². The summed E-state index contributed by atoms with van der Waals surface area (Å²) in [4.78, 5) is 6.96. The number of rotatable bonds is 10. The summed E-state index contributed by atoms with van der Waals surface area (Å²) in [5.41, 5.74) is 0. The van der Waals surface area contributed by atoms with Gasteiger partial charge in [-0.15, -0.1) is 0 Å². The van der Waals surface area contributed by atoms with E-state index >= 15 is 0 Å². The molecule has 6 nitrogen and oxygen atoms in total. The second-order valence-corrected chi connectivity index (χ2v) is 8.20. The number of nitrogens with zero attached hydrogens (tertiary/aromatic N) is 2. The highest BCUT2D eigenvalue weighted by molar-refractivity contribution is 5.79. The van der Waals surface area contributed by atoms with Gasteiger partial charge in [0.25, 0.3) is 0 Å². The van der Waals surface area contributed by atoms with Crippen molar-refractivity contribution in [1.29, 1.82) is 0 Å². The first kappa shape index (κ1) is 21.5. The van der Waals surface area contributed by atoms with Crippen molar-refractivity contribution >= 4 is 5.96 Å². The lowest BCUT2D eigenvalue weighted by molar-refractivity contribution is 0.0888. The maximum absolute atomic E-state index is 5.75. The number of hydrogen-bond acceptors (Lipinski definition) is 4. The van der Waals surface area contributed by atoms with Crippen LogP contribution >= 0.6 is 0 Å². The van der Waals surface area contributed by atoms with Gasteiger partial charge in [-0.05, 0) is 44.1 Å². The topological polar surface area (TPSA) is 58.1 Å². The number of nitrogens with one attached hydrogen (secondary N) is 2. The minimum atomic E-state index is 0.600. The quantitative estimate of drug-likeness (QED) is 0.351. The van der Waals surface area contributed by atoms with Gasteiger partial charge in [0, 0.05) is 52.4 Å². The van der Waals surface area contributed by atoms with Crippen LogP contribution in [0.1, 0.15) is 39.5 Å². The monoisotopic (exact) mass is 368 g/mol. The smallest absolute Gasteiger partial charge is 0.190 e. The van der Waals surface area contributed by atoms with Crippen molar-refractivity contribution in [2.75, 3.05) is 66.2 Å². The summed E-state index contributed by atoms with van der Waals surface area (Å²) in [6.07, 6.45) is 4.77. The Bertz CT molecular complexity index is 397. The van der Waals surface area contributed by atoms with Crippen molar-refractivity contribution in [3.05, 3.63) is 0 Å². The lowest BCUT2D eigenvalue weighted by atomic mass is 9.97. The Morgan fingerprint density at radius 3 is 2.88 bits per heavy atom. The van der Waals surface area contributed by atoms with Crippen LogP contribution in [0, 0.1) is 17.8 Å². The zero-order valence-electron chi connectivity index (χ0n) is 17.1. The van der Waals surface area contributed by atoms with Crippen LogP contribution in [0.2, 0.25) is 0 Å². The van der Waals surface area contributed by atoms with Gasteiger partial charge in [0.15, 0.2) is 5.96 Å². The molecule has 2 heterocycles. The summed E-state index contributed by atoms with van der Waals surface area (Å²) in [6.45, 7) is 13.6. The maximum atomic E-state index is 5.75. The molecule has 2 atom stereocenters. The third-order valence-electron chi connectivity index (χ3n) is 5.14. The van der Waals surface area contributed by atoms with Crippen LogP contribution in [-0.4, -0.2) is 77.1 Å². The summed E-state index contributed by atoms with van der Waals surface area (Å²) >= 11 is 0. The average molecular weight is 369 g/mol. The summed E-state index contributed by atoms with van der Waals surface area (Å²) in [5.74, 6) is 2.98. The van der Waals surface area contributed by atoms with Crippen molar-refractivity contribution in [2.45, 2.75) is 39.5 Å². The third kappa shape index (κ3) is 8.69. The molecule has 0 bridgehead atoms. The molecule has 0 aromatic carbocycles. The Morgan fingerprint density at radius 2 is 2.15 bits per heavy atom. The maximum Gasteiger partial charge on any atom is 0.190 e. The van der Waals surface area contributed by atoms with Crippen LogP contribution in [0.25, 0.3) is 0 Å². The lowest BCUT2D eigenvalue weighted by Crippen LogP contribution is -2.45. The van der Waals surface area contributed by atoms with E-state index in [1.54, 1.807) is 0 Å². The molecular formula is C20H40N4O2. The van der Waals surface area contributed by atoms with Gasteiger partial charge in [-0.1, -0.05) is 13.8 Å². The summed E-state index contributed by atoms with van der Waals surface area (Å²) < 4.78 is 11.1. The van der Waals surface area contributed by atoms with Gasteiger partial charge in [-0.25, -0.2) is 0 Å². The predicted molar refractivity (Wildman–Crippen MR) is 108 cm³/mol. The van der Waals surface area contributed by atoms with Gasteiger partial charge >= 0.3 is 0 Å². The fourth-order valence-corrected chi connectivity index (χ4v) is 3.81. The Balaban J connectivity index is 1.51. The largest absolute Gasteiger partial charge is 0.381 e. The molecule has 0 aromatic heterocycles. The van der Waals surface area contributed by atoms with Crippen molar-refractivity contribution < 1.29 is 9.47 Å². The SMILES string of the molecule is CN=C(NCCCOCC1CCOC1)NCC1CCCN(CC(C)C)C1. The molecule has 0 radical (unpaired) electrons. The van der Waals surface area contributed by atoms with Gasteiger partial charge in [-0.2, -0.15) is 0 Å². The highest BCUT2D eigenvalue weighted by Crippen LogP contribution is 2.16. The molecule has 2 fully saturated rings. The van der Waals surface area contributed by atoms with Crippen LogP contribution in [0.5, 0.6) is 0 Å². The molecule has 6 heteroatoms. The van der Waals surface area contributed by atoms with Crippen LogP contribution in [-0.2, 0) is 9.47 Å². The fraction of sp³-hybridized carbons (Fsp3) is 0.950. The standard InChI is InChI=1S/C20H40N4O2/c1-17(2)13-24-9-4-6-18(14-24)12-23-20(21-3)22-8-5-10-25-15-19-7-11-26-16-19/h17-19H,4-16H2,1-3H3,(H2,21,22,23). The zero-order chi connectivity index (χ0) is 18.6. The number of ether oxygens (including phenoxy) is 2. The van der Waals surface area contributed by atoms with E-state index in [0.29, 0.717) is 5.92 Å². The fourth-order valence-electron chi connectivity index (χ4n) is 3.81. The minimum absolute atomic E-state index is 0.600. The van der Waals surface area contributed by atoms with Crippen molar-refractivity contribution in [3.8, 4) is 0 Å². The van der Waals surface area contributed by atoms with Crippen molar-refractivity contribution in [2.24, 2.45) is 22.7 Å². The Labute approximate surface area is 160 Å². The third-order valence-corrected chi connectivity index (χ3v) is 5.14. The summed E-state index contributed by atoms with van der Waals surface area (Å²) in [7, 11) is 1.85. The first-order valence-corrected chi connectivity index (χ1v) is 10.5. The van der Waals surface area contributed by atoms with Gasteiger partial charge in [-0.3, -0.25) is 4.99 Å². The molecule has 152 valence electrons. The number of hydrogen-bond donors (Lipinski definition) is 2. The first-order chi connectivity index (χ1) is 12.7. The van der Waals surface area contributed by atoms with Gasteiger partial charge < -0.3 is 25.0 Å². The van der Waals surface area contributed by atoms with Crippen LogP contribution in [0.15, 0.2) is 4.99 Å². The Kier molecular flexibility index (Phi) is 10.3. The molecule has 2 N–H and O–H groups in total. The number of piperidine rings is 1. The zero-order valence-corrected chi connectivity index (χ0v) is 17.1. The average Bonchev–Trinajstić information content (AvgIpc) is 3.13. The molecule has 2 aliphatic heterocycles. The second kappa shape index (κ2) is 12.5. The Morgan fingerprint density at radius 1 is 1.27 bits per heavy atom. The van der Waals surface area contributed by atoms with E-state index in [1.807, 2.05) is 7.05 Å². The molecule has 2 unspecified atom stereocenters. The van der Waals surface area contributed by atoms with E-state index in [0.717, 1.165) is 70.2 Å². The van der Waals surface area contributed by atoms with Gasteiger partial charge in [0.2, 0.25) is 0 Å². The minimum Gasteiger partial charge on any atom is -0.381 e. The molecule has 0 saturated carbocycles. The van der Waals surface area contributed by atoms with Crippen molar-refractivity contribution in [1.82, 2.24) is 15.5 Å². The van der Waals surface area contributed by atoms with E-state index in [-0.39, 0.29) is 0 Å². The summed E-state index contributed by atoms with van der Waals surface area (Å²) in [6, 6.07) is 0. The molecule has 0 amide bonds. The number of guanidine groups is 1. The number of likely N-dealkylation sites (tertiary alicyclic amines) is 1. The normalized spacial score (nSPS) is 25.0. The highest BCUT2D eigenvalue weighted by Gasteiger charge is 2.20. The molecule has 2 rings (SSSR count). The van der Waals surface area contributed by atoms with E-state index in [2.05, 4.69) is 34.4 Å². The Hall–Kier alpha value is -0.850. The van der Waals surface area contributed by atoms with Crippen LogP contribution in [0.4, 0.5) is 0 Å². The molecule has 2 aliphatic rings. The van der Waals surface area contributed by atoms with Gasteiger partial charge in [0.05, 0.1) is 13.2 Å². The van der Waals surface area contributed by atoms with Crippen molar-refractivity contribution in [3.63, 3.8) is 0 Å². The van der Waals surface area contributed by atoms with Gasteiger partial charge in [0.1, 0.15) is 0 Å². The molecule has 26 heavy (non-hydrogen) atoms. The lowest BCUT2D eigenvalue weighted by Gasteiger charge is -2.34. The van der Waals surface area contributed by atoms with E-state index in [4.69, 9.17) is 9.47 Å². The number of aliphatic imine (C=N–C) groups is 1. The van der Waals surface area contributed by atoms with Crippen LogP contribution in [0.3, 0.4) is 0 Å². The van der Waals surface area contributed by atoms with E-state index in [9.17, 15) is 0 Å². The molecule has 0 aromatic rings. The molecule has 2 saturated heterocycles. The van der Waals surface area contributed by atoms with E-state index < -0.39 is 0 Å². The second-order valence-electron chi connectivity index (χ2n) is 8.20. The predicted octanol–water partition coefficient (Wildman–Crippen LogP) is 1.96. The highest BCUT2D eigenvalue weighted by atomic mass is 16.5. The first-order valence-electron chi connectivity index (χ1n) is 10.5.